The molecule has 3 rings (SSSR count). The third kappa shape index (κ3) is 3.14. The van der Waals surface area contributed by atoms with Crippen LogP contribution in [0.15, 0.2) is 0 Å². The molecule has 1 atom stereocenters. The second-order valence-electron chi connectivity index (χ2n) is 5.92. The van der Waals surface area contributed by atoms with Gasteiger partial charge in [-0.25, -0.2) is 0 Å². The number of hydrogen-bond acceptors (Lipinski definition) is 5. The molecule has 0 aromatic carbocycles. The van der Waals surface area contributed by atoms with E-state index in [1.807, 2.05) is 0 Å². The van der Waals surface area contributed by atoms with Crippen LogP contribution in [0.4, 0.5) is 11.9 Å². The fourth-order valence-electron chi connectivity index (χ4n) is 2.99. The zero-order valence-corrected chi connectivity index (χ0v) is 12.8. The van der Waals surface area contributed by atoms with Crippen molar-refractivity contribution in [3.8, 4) is 0 Å². The molecular weight excluding hydrogens is 274 g/mol. The monoisotopic (exact) mass is 295 g/mol. The predicted octanol–water partition coefficient (Wildman–Crippen LogP) is 2.75. The Labute approximate surface area is 125 Å². The summed E-state index contributed by atoms with van der Waals surface area (Å²) in [6, 6.07) is 0. The van der Waals surface area contributed by atoms with Crippen molar-refractivity contribution in [2.24, 2.45) is 5.92 Å². The molecule has 20 heavy (non-hydrogen) atoms. The quantitative estimate of drug-likeness (QED) is 0.839. The molecule has 0 bridgehead atoms. The molecular formula is C14H22ClN5. The number of anilines is 2. The highest BCUT2D eigenvalue weighted by Gasteiger charge is 2.21. The second-order valence-corrected chi connectivity index (χ2v) is 6.26. The molecule has 2 aliphatic rings. The molecule has 2 saturated heterocycles. The lowest BCUT2D eigenvalue weighted by Gasteiger charge is -2.22. The lowest BCUT2D eigenvalue weighted by molar-refractivity contribution is 0.521. The van der Waals surface area contributed by atoms with Crippen molar-refractivity contribution in [2.45, 2.75) is 39.0 Å². The molecule has 1 aromatic heterocycles. The molecule has 5 nitrogen and oxygen atoms in total. The number of aromatic nitrogens is 3. The van der Waals surface area contributed by atoms with Crippen molar-refractivity contribution in [1.29, 1.82) is 0 Å². The van der Waals surface area contributed by atoms with Crippen LogP contribution >= 0.6 is 11.6 Å². The van der Waals surface area contributed by atoms with Gasteiger partial charge in [0.25, 0.3) is 0 Å². The smallest absolute Gasteiger partial charge is 0.231 e. The first kappa shape index (κ1) is 13.9. The molecule has 3 heterocycles. The van der Waals surface area contributed by atoms with Crippen LogP contribution in [-0.2, 0) is 0 Å². The van der Waals surface area contributed by atoms with Crippen LogP contribution in [0.1, 0.15) is 39.0 Å². The van der Waals surface area contributed by atoms with Crippen LogP contribution in [0.2, 0.25) is 5.28 Å². The van der Waals surface area contributed by atoms with Crippen molar-refractivity contribution in [3.63, 3.8) is 0 Å². The first-order chi connectivity index (χ1) is 9.72. The van der Waals surface area contributed by atoms with Crippen LogP contribution < -0.4 is 9.80 Å². The first-order valence-corrected chi connectivity index (χ1v) is 8.01. The Morgan fingerprint density at radius 3 is 2.15 bits per heavy atom. The van der Waals surface area contributed by atoms with E-state index in [4.69, 9.17) is 11.6 Å². The molecule has 0 amide bonds. The summed E-state index contributed by atoms with van der Waals surface area (Å²) in [4.78, 5) is 17.7. The summed E-state index contributed by atoms with van der Waals surface area (Å²) in [5.74, 6) is 2.28. The van der Waals surface area contributed by atoms with Gasteiger partial charge in [0.2, 0.25) is 17.2 Å². The number of hydrogen-bond donors (Lipinski definition) is 0. The van der Waals surface area contributed by atoms with Crippen LogP contribution in [0.5, 0.6) is 0 Å². The van der Waals surface area contributed by atoms with E-state index in [1.54, 1.807) is 0 Å². The fourth-order valence-corrected chi connectivity index (χ4v) is 3.14. The van der Waals surface area contributed by atoms with Gasteiger partial charge < -0.3 is 9.80 Å². The minimum Gasteiger partial charge on any atom is -0.341 e. The third-order valence-corrected chi connectivity index (χ3v) is 4.44. The fraction of sp³-hybridized carbons (Fsp3) is 0.786. The van der Waals surface area contributed by atoms with E-state index in [-0.39, 0.29) is 0 Å². The van der Waals surface area contributed by atoms with E-state index >= 15 is 0 Å². The van der Waals surface area contributed by atoms with Crippen LogP contribution in [-0.4, -0.2) is 41.1 Å². The molecule has 0 radical (unpaired) electrons. The minimum absolute atomic E-state index is 0.314. The standard InChI is InChI=1S/C14H22ClN5/c1-11-5-4-9-20(10-6-11)14-17-12(15)16-13(18-14)19-7-2-3-8-19/h11H,2-10H2,1H3. The third-order valence-electron chi connectivity index (χ3n) is 4.27. The van der Waals surface area contributed by atoms with Gasteiger partial charge in [-0.2, -0.15) is 15.0 Å². The van der Waals surface area contributed by atoms with E-state index in [0.29, 0.717) is 5.28 Å². The van der Waals surface area contributed by atoms with Crippen molar-refractivity contribution >= 4 is 23.5 Å². The molecule has 2 fully saturated rings. The van der Waals surface area contributed by atoms with Crippen molar-refractivity contribution in [3.05, 3.63) is 5.28 Å². The van der Waals surface area contributed by atoms with E-state index in [0.717, 1.165) is 44.0 Å². The molecule has 1 unspecified atom stereocenters. The maximum Gasteiger partial charge on any atom is 0.231 e. The summed E-state index contributed by atoms with van der Waals surface area (Å²) >= 11 is 6.10. The lowest BCUT2D eigenvalue weighted by Crippen LogP contribution is -2.28. The minimum atomic E-state index is 0.314. The highest BCUT2D eigenvalue weighted by Crippen LogP contribution is 2.23. The molecule has 0 aliphatic carbocycles. The molecule has 0 saturated carbocycles. The summed E-state index contributed by atoms with van der Waals surface area (Å²) in [5.41, 5.74) is 0. The Morgan fingerprint density at radius 1 is 0.850 bits per heavy atom. The molecule has 6 heteroatoms. The normalized spacial score (nSPS) is 24.0. The molecule has 0 N–H and O–H groups in total. The maximum atomic E-state index is 6.10. The molecule has 110 valence electrons. The van der Waals surface area contributed by atoms with Crippen molar-refractivity contribution < 1.29 is 0 Å². The highest BCUT2D eigenvalue weighted by molar-refractivity contribution is 6.28. The second kappa shape index (κ2) is 6.12. The average molecular weight is 296 g/mol. The zero-order chi connectivity index (χ0) is 13.9. The van der Waals surface area contributed by atoms with Gasteiger partial charge in [0, 0.05) is 26.2 Å². The van der Waals surface area contributed by atoms with E-state index in [2.05, 4.69) is 31.7 Å². The summed E-state index contributed by atoms with van der Waals surface area (Å²) in [7, 11) is 0. The van der Waals surface area contributed by atoms with Gasteiger partial charge in [-0.3, -0.25) is 0 Å². The van der Waals surface area contributed by atoms with Gasteiger partial charge in [-0.15, -0.1) is 0 Å². The summed E-state index contributed by atoms with van der Waals surface area (Å²) < 4.78 is 0. The Balaban J connectivity index is 1.81. The van der Waals surface area contributed by atoms with Gasteiger partial charge in [-0.1, -0.05) is 6.92 Å². The first-order valence-electron chi connectivity index (χ1n) is 7.64. The van der Waals surface area contributed by atoms with Gasteiger partial charge in [0.1, 0.15) is 0 Å². The van der Waals surface area contributed by atoms with Crippen LogP contribution in [0.3, 0.4) is 0 Å². The Kier molecular flexibility index (Phi) is 4.24. The summed E-state index contributed by atoms with van der Waals surface area (Å²) in [6.45, 7) is 6.40. The largest absolute Gasteiger partial charge is 0.341 e. The number of halogens is 1. The zero-order valence-electron chi connectivity index (χ0n) is 12.1. The molecule has 0 spiro atoms. The highest BCUT2D eigenvalue weighted by atomic mass is 35.5. The number of nitrogens with zero attached hydrogens (tertiary/aromatic N) is 5. The van der Waals surface area contributed by atoms with Gasteiger partial charge >= 0.3 is 0 Å². The average Bonchev–Trinajstić information content (AvgIpc) is 2.88. The maximum absolute atomic E-state index is 6.10. The van der Waals surface area contributed by atoms with E-state index < -0.39 is 0 Å². The summed E-state index contributed by atoms with van der Waals surface area (Å²) in [6.07, 6.45) is 6.10. The van der Waals surface area contributed by atoms with Gasteiger partial charge in [0.15, 0.2) is 0 Å². The SMILES string of the molecule is CC1CCCN(c2nc(Cl)nc(N3CCCC3)n2)CC1. The predicted molar refractivity (Wildman–Crippen MR) is 81.5 cm³/mol. The summed E-state index contributed by atoms with van der Waals surface area (Å²) in [5, 5.41) is 0.314. The van der Waals surface area contributed by atoms with E-state index in [9.17, 15) is 0 Å². The van der Waals surface area contributed by atoms with Gasteiger partial charge in [0.05, 0.1) is 0 Å². The van der Waals surface area contributed by atoms with Crippen molar-refractivity contribution in [1.82, 2.24) is 15.0 Å². The Morgan fingerprint density at radius 2 is 1.45 bits per heavy atom. The number of rotatable bonds is 2. The Bertz CT molecular complexity index is 461. The lowest BCUT2D eigenvalue weighted by atomic mass is 10.0. The molecule has 2 aliphatic heterocycles. The van der Waals surface area contributed by atoms with Crippen LogP contribution in [0, 0.1) is 5.92 Å². The van der Waals surface area contributed by atoms with Gasteiger partial charge in [-0.05, 0) is 49.6 Å². The van der Waals surface area contributed by atoms with Crippen LogP contribution in [0.25, 0.3) is 0 Å². The van der Waals surface area contributed by atoms with E-state index in [1.165, 1.54) is 32.1 Å². The molecule has 1 aromatic rings. The Hall–Kier alpha value is -1.10. The topological polar surface area (TPSA) is 45.2 Å². The van der Waals surface area contributed by atoms with Crippen molar-refractivity contribution in [2.75, 3.05) is 36.0 Å².